The van der Waals surface area contributed by atoms with E-state index in [1.165, 1.54) is 0 Å². The highest BCUT2D eigenvalue weighted by Crippen LogP contribution is 2.23. The van der Waals surface area contributed by atoms with Crippen LogP contribution in [0.5, 0.6) is 0 Å². The Labute approximate surface area is 85.2 Å². The fourth-order valence-electron chi connectivity index (χ4n) is 1.55. The lowest BCUT2D eigenvalue weighted by Gasteiger charge is -2.23. The van der Waals surface area contributed by atoms with Crippen molar-refractivity contribution in [3.63, 3.8) is 0 Å². The summed E-state index contributed by atoms with van der Waals surface area (Å²) in [5.41, 5.74) is 1.11. The van der Waals surface area contributed by atoms with Crippen LogP contribution in [0.25, 0.3) is 0 Å². The first-order valence-corrected chi connectivity index (χ1v) is 5.00. The fraction of sp³-hybridized carbons (Fsp3) is 0.500. The van der Waals surface area contributed by atoms with Gasteiger partial charge in [0.25, 0.3) is 0 Å². The maximum absolute atomic E-state index is 9.88. The van der Waals surface area contributed by atoms with Crippen LogP contribution in [-0.2, 0) is 0 Å². The summed E-state index contributed by atoms with van der Waals surface area (Å²) < 4.78 is 0. The lowest BCUT2D eigenvalue weighted by Crippen LogP contribution is -2.26. The van der Waals surface area contributed by atoms with Gasteiger partial charge in [0.15, 0.2) is 0 Å². The highest BCUT2D eigenvalue weighted by Gasteiger charge is 2.21. The van der Waals surface area contributed by atoms with E-state index in [1.807, 2.05) is 44.2 Å². The molecule has 2 N–H and O–H groups in total. The van der Waals surface area contributed by atoms with Crippen LogP contribution in [0.1, 0.15) is 25.3 Å². The Morgan fingerprint density at radius 3 is 2.21 bits per heavy atom. The smallest absolute Gasteiger partial charge is 0.0653 e. The molecule has 0 heterocycles. The number of aliphatic hydroxyl groups is 2. The summed E-state index contributed by atoms with van der Waals surface area (Å²) in [6.07, 6.45) is -0.484. The molecule has 0 saturated carbocycles. The lowest BCUT2D eigenvalue weighted by molar-refractivity contribution is 0.0598. The largest absolute Gasteiger partial charge is 0.396 e. The first-order chi connectivity index (χ1) is 6.66. The number of benzene rings is 1. The van der Waals surface area contributed by atoms with E-state index >= 15 is 0 Å². The van der Waals surface area contributed by atoms with Crippen molar-refractivity contribution in [2.45, 2.75) is 25.9 Å². The molecule has 0 fully saturated rings. The molecule has 78 valence electrons. The van der Waals surface area contributed by atoms with Crippen molar-refractivity contribution in [3.05, 3.63) is 35.9 Å². The van der Waals surface area contributed by atoms with Crippen LogP contribution in [0, 0.1) is 5.92 Å². The van der Waals surface area contributed by atoms with Crippen molar-refractivity contribution in [3.8, 4) is 0 Å². The summed E-state index contributed by atoms with van der Waals surface area (Å²) in [5.74, 6) is -0.0106. The molecular weight excluding hydrogens is 176 g/mol. The summed E-state index contributed by atoms with van der Waals surface area (Å²) >= 11 is 0. The summed E-state index contributed by atoms with van der Waals surface area (Å²) in [6, 6.07) is 9.87. The van der Waals surface area contributed by atoms with E-state index in [-0.39, 0.29) is 18.4 Å². The van der Waals surface area contributed by atoms with E-state index < -0.39 is 6.10 Å². The Bertz CT molecular complexity index is 258. The topological polar surface area (TPSA) is 40.5 Å². The molecule has 0 aromatic heterocycles. The molecule has 1 aromatic rings. The van der Waals surface area contributed by atoms with Crippen LogP contribution in [0.2, 0.25) is 0 Å². The van der Waals surface area contributed by atoms with Gasteiger partial charge in [-0.2, -0.15) is 0 Å². The third-order valence-corrected chi connectivity index (χ3v) is 2.71. The average molecular weight is 194 g/mol. The second-order valence-corrected chi connectivity index (χ2v) is 3.85. The molecule has 0 aliphatic carbocycles. The van der Waals surface area contributed by atoms with Gasteiger partial charge in [-0.3, -0.25) is 0 Å². The van der Waals surface area contributed by atoms with Crippen molar-refractivity contribution in [2.24, 2.45) is 5.92 Å². The second kappa shape index (κ2) is 5.13. The molecule has 3 atom stereocenters. The van der Waals surface area contributed by atoms with Crippen LogP contribution in [0.4, 0.5) is 0 Å². The maximum Gasteiger partial charge on any atom is 0.0653 e. The molecular formula is C12H18O2. The third-order valence-electron chi connectivity index (χ3n) is 2.71. The van der Waals surface area contributed by atoms with E-state index in [2.05, 4.69) is 0 Å². The summed E-state index contributed by atoms with van der Waals surface area (Å²) in [7, 11) is 0. The predicted molar refractivity (Wildman–Crippen MR) is 57.1 cm³/mol. The van der Waals surface area contributed by atoms with Crippen LogP contribution >= 0.6 is 0 Å². The molecule has 1 aromatic carbocycles. The van der Waals surface area contributed by atoms with Crippen molar-refractivity contribution in [1.29, 1.82) is 0 Å². The number of rotatable bonds is 4. The zero-order valence-electron chi connectivity index (χ0n) is 8.72. The molecule has 14 heavy (non-hydrogen) atoms. The quantitative estimate of drug-likeness (QED) is 0.767. The van der Waals surface area contributed by atoms with Gasteiger partial charge in [-0.05, 0) is 5.56 Å². The molecule has 0 unspecified atom stereocenters. The van der Waals surface area contributed by atoms with Gasteiger partial charge in [0.2, 0.25) is 0 Å². The van der Waals surface area contributed by atoms with E-state index in [4.69, 9.17) is 5.11 Å². The molecule has 0 amide bonds. The number of hydrogen-bond donors (Lipinski definition) is 2. The molecule has 0 saturated heterocycles. The highest BCUT2D eigenvalue weighted by atomic mass is 16.3. The molecule has 0 aliphatic heterocycles. The molecule has 0 bridgehead atoms. The van der Waals surface area contributed by atoms with Crippen LogP contribution in [-0.4, -0.2) is 22.9 Å². The molecule has 0 spiro atoms. The first-order valence-electron chi connectivity index (χ1n) is 5.00. The summed E-state index contributed by atoms with van der Waals surface area (Å²) in [5, 5.41) is 18.8. The third kappa shape index (κ3) is 2.56. The number of aliphatic hydroxyl groups excluding tert-OH is 2. The minimum absolute atomic E-state index is 0.0261. The molecule has 0 radical (unpaired) electrons. The van der Waals surface area contributed by atoms with Gasteiger partial charge in [0.05, 0.1) is 6.10 Å². The van der Waals surface area contributed by atoms with E-state index in [0.717, 1.165) is 5.56 Å². The van der Waals surface area contributed by atoms with Crippen molar-refractivity contribution < 1.29 is 10.2 Å². The predicted octanol–water partition coefficient (Wildman–Crippen LogP) is 1.78. The van der Waals surface area contributed by atoms with E-state index in [0.29, 0.717) is 0 Å². The Morgan fingerprint density at radius 1 is 1.14 bits per heavy atom. The van der Waals surface area contributed by atoms with Gasteiger partial charge in [0.1, 0.15) is 0 Å². The minimum atomic E-state index is -0.484. The van der Waals surface area contributed by atoms with E-state index in [1.54, 1.807) is 0 Å². The molecule has 0 aliphatic rings. The van der Waals surface area contributed by atoms with Crippen LogP contribution in [0.15, 0.2) is 30.3 Å². The van der Waals surface area contributed by atoms with Crippen molar-refractivity contribution >= 4 is 0 Å². The number of hydrogen-bond acceptors (Lipinski definition) is 2. The van der Waals surface area contributed by atoms with Gasteiger partial charge >= 0.3 is 0 Å². The zero-order chi connectivity index (χ0) is 10.6. The fourth-order valence-corrected chi connectivity index (χ4v) is 1.55. The average Bonchev–Trinajstić information content (AvgIpc) is 2.27. The Morgan fingerprint density at radius 2 is 1.71 bits per heavy atom. The second-order valence-electron chi connectivity index (χ2n) is 3.85. The Hall–Kier alpha value is -0.860. The lowest BCUT2D eigenvalue weighted by atomic mass is 9.88. The maximum atomic E-state index is 9.88. The Kier molecular flexibility index (Phi) is 4.11. The summed E-state index contributed by atoms with van der Waals surface area (Å²) in [4.78, 5) is 0. The normalized spacial score (nSPS) is 17.4. The Balaban J connectivity index is 2.70. The van der Waals surface area contributed by atoms with Crippen LogP contribution in [0.3, 0.4) is 0 Å². The van der Waals surface area contributed by atoms with Gasteiger partial charge in [-0.15, -0.1) is 0 Å². The zero-order valence-corrected chi connectivity index (χ0v) is 8.72. The standard InChI is InChI=1S/C12H18O2/c1-9(8-13)12(14)10(2)11-6-4-3-5-7-11/h3-7,9-10,12-14H,8H2,1-2H3/t9-,10+,12+/m1/s1. The monoisotopic (exact) mass is 194 g/mol. The van der Waals surface area contributed by atoms with Crippen LogP contribution < -0.4 is 0 Å². The van der Waals surface area contributed by atoms with Crippen molar-refractivity contribution in [2.75, 3.05) is 6.61 Å². The van der Waals surface area contributed by atoms with Gasteiger partial charge in [0, 0.05) is 18.4 Å². The first kappa shape index (κ1) is 11.2. The molecule has 1 rings (SSSR count). The highest BCUT2D eigenvalue weighted by molar-refractivity contribution is 5.20. The van der Waals surface area contributed by atoms with E-state index in [9.17, 15) is 5.11 Å². The van der Waals surface area contributed by atoms with Gasteiger partial charge < -0.3 is 10.2 Å². The summed E-state index contributed by atoms with van der Waals surface area (Å²) in [6.45, 7) is 3.86. The SMILES string of the molecule is C[C@H](CO)[C@H](O)[C@@H](C)c1ccccc1. The van der Waals surface area contributed by atoms with Gasteiger partial charge in [-0.25, -0.2) is 0 Å². The van der Waals surface area contributed by atoms with Gasteiger partial charge in [-0.1, -0.05) is 44.2 Å². The molecule has 2 heteroatoms. The minimum Gasteiger partial charge on any atom is -0.396 e. The molecule has 2 nitrogen and oxygen atoms in total. The van der Waals surface area contributed by atoms with Crippen molar-refractivity contribution in [1.82, 2.24) is 0 Å².